The molecule has 2 aliphatic heterocycles. The Morgan fingerprint density at radius 2 is 1.23 bits per heavy atom. The highest BCUT2D eigenvalue weighted by atomic mass is 16.2. The summed E-state index contributed by atoms with van der Waals surface area (Å²) in [6, 6.07) is 6.75. The second-order valence-corrected chi connectivity index (χ2v) is 9.58. The van der Waals surface area contributed by atoms with E-state index in [0.717, 1.165) is 19.3 Å². The first kappa shape index (κ1) is 18.0. The lowest BCUT2D eigenvalue weighted by Gasteiger charge is -2.22. The van der Waals surface area contributed by atoms with Crippen molar-refractivity contribution in [1.29, 1.82) is 0 Å². The van der Waals surface area contributed by atoms with Gasteiger partial charge in [-0.1, -0.05) is 19.1 Å². The van der Waals surface area contributed by atoms with E-state index in [1.54, 1.807) is 24.3 Å². The number of imide groups is 2. The van der Waals surface area contributed by atoms with Crippen LogP contribution in [0.15, 0.2) is 36.4 Å². The molecule has 0 radical (unpaired) electrons. The van der Waals surface area contributed by atoms with Crippen LogP contribution in [0.1, 0.15) is 32.6 Å². The first-order chi connectivity index (χ1) is 14.5. The van der Waals surface area contributed by atoms with Crippen LogP contribution in [-0.4, -0.2) is 23.6 Å². The smallest absolute Gasteiger partial charge is 0.238 e. The van der Waals surface area contributed by atoms with Crippen LogP contribution in [0, 0.1) is 41.4 Å². The van der Waals surface area contributed by atoms with Gasteiger partial charge in [0.2, 0.25) is 23.6 Å². The average molecular weight is 404 g/mol. The van der Waals surface area contributed by atoms with Gasteiger partial charge in [0, 0.05) is 0 Å². The molecule has 6 nitrogen and oxygen atoms in total. The molecule has 154 valence electrons. The van der Waals surface area contributed by atoms with Crippen molar-refractivity contribution >= 4 is 35.0 Å². The summed E-state index contributed by atoms with van der Waals surface area (Å²) in [5, 5.41) is 0. The Morgan fingerprint density at radius 1 is 0.733 bits per heavy atom. The second-order valence-electron chi connectivity index (χ2n) is 9.58. The second kappa shape index (κ2) is 6.13. The molecule has 4 fully saturated rings. The third-order valence-electron chi connectivity index (χ3n) is 8.17. The SMILES string of the molecule is C[C@@H]1C=CC[C@@H]2C(=O)N(c3ccc(N4C(=O)[C@@H]5[C@@H]6CC[C@H](C6)[C@@H]5C4=O)cc3)C(=O)[C@H]12. The molecule has 2 saturated heterocycles. The number of carbonyl (C=O) groups excluding carboxylic acids is 4. The zero-order chi connectivity index (χ0) is 20.7. The fraction of sp³-hybridized carbons (Fsp3) is 0.500. The predicted octanol–water partition coefficient (Wildman–Crippen LogP) is 2.92. The maximum absolute atomic E-state index is 13.0. The van der Waals surface area contributed by atoms with E-state index in [2.05, 4.69) is 0 Å². The van der Waals surface area contributed by atoms with Crippen molar-refractivity contribution in [2.75, 3.05) is 9.80 Å². The van der Waals surface area contributed by atoms with E-state index in [0.29, 0.717) is 29.6 Å². The summed E-state index contributed by atoms with van der Waals surface area (Å²) >= 11 is 0. The maximum Gasteiger partial charge on any atom is 0.238 e. The van der Waals surface area contributed by atoms with Crippen LogP contribution in [0.2, 0.25) is 0 Å². The maximum atomic E-state index is 13.0. The third-order valence-corrected chi connectivity index (χ3v) is 8.17. The molecule has 5 aliphatic rings. The lowest BCUT2D eigenvalue weighted by atomic mass is 9.78. The fourth-order valence-electron chi connectivity index (χ4n) is 6.82. The molecule has 0 aromatic heterocycles. The lowest BCUT2D eigenvalue weighted by molar-refractivity contribution is -0.124. The highest BCUT2D eigenvalue weighted by Gasteiger charge is 2.61. The molecule has 2 bridgehead atoms. The molecule has 6 rings (SSSR count). The van der Waals surface area contributed by atoms with Crippen LogP contribution in [0.3, 0.4) is 0 Å². The van der Waals surface area contributed by atoms with Gasteiger partial charge in [-0.3, -0.25) is 29.0 Å². The van der Waals surface area contributed by atoms with Gasteiger partial charge in [-0.15, -0.1) is 0 Å². The number of hydrogen-bond acceptors (Lipinski definition) is 4. The van der Waals surface area contributed by atoms with E-state index >= 15 is 0 Å². The topological polar surface area (TPSA) is 74.8 Å². The van der Waals surface area contributed by atoms with E-state index in [4.69, 9.17) is 0 Å². The number of carbonyl (C=O) groups is 4. The number of fused-ring (bicyclic) bond motifs is 6. The number of allylic oxidation sites excluding steroid dienone is 2. The van der Waals surface area contributed by atoms with Gasteiger partial charge >= 0.3 is 0 Å². The Bertz CT molecular complexity index is 964. The number of amides is 4. The van der Waals surface area contributed by atoms with Crippen molar-refractivity contribution in [2.24, 2.45) is 41.4 Å². The first-order valence-corrected chi connectivity index (χ1v) is 11.0. The fourth-order valence-corrected chi connectivity index (χ4v) is 6.82. The largest absolute Gasteiger partial charge is 0.274 e. The Morgan fingerprint density at radius 3 is 1.77 bits per heavy atom. The summed E-state index contributed by atoms with van der Waals surface area (Å²) in [6.07, 6.45) is 7.69. The minimum atomic E-state index is -0.307. The highest BCUT2D eigenvalue weighted by Crippen LogP contribution is 2.56. The Balaban J connectivity index is 1.28. The van der Waals surface area contributed by atoms with Gasteiger partial charge < -0.3 is 0 Å². The van der Waals surface area contributed by atoms with Gasteiger partial charge in [0.25, 0.3) is 0 Å². The third kappa shape index (κ3) is 2.19. The van der Waals surface area contributed by atoms with Crippen molar-refractivity contribution < 1.29 is 19.2 Å². The molecule has 2 saturated carbocycles. The molecule has 7 atom stereocenters. The van der Waals surface area contributed by atoms with Gasteiger partial charge in [0.05, 0.1) is 35.0 Å². The predicted molar refractivity (Wildman–Crippen MR) is 109 cm³/mol. The van der Waals surface area contributed by atoms with Crippen LogP contribution in [-0.2, 0) is 19.2 Å². The van der Waals surface area contributed by atoms with Crippen LogP contribution in [0.4, 0.5) is 11.4 Å². The summed E-state index contributed by atoms with van der Waals surface area (Å²) in [4.78, 5) is 54.5. The Labute approximate surface area is 174 Å². The number of hydrogen-bond donors (Lipinski definition) is 0. The molecule has 4 amide bonds. The Kier molecular flexibility index (Phi) is 3.68. The molecule has 6 heteroatoms. The molecule has 0 unspecified atom stereocenters. The monoisotopic (exact) mass is 404 g/mol. The molecule has 3 aliphatic carbocycles. The summed E-state index contributed by atoms with van der Waals surface area (Å²) in [5.41, 5.74) is 1.05. The normalized spacial score (nSPS) is 39.3. The highest BCUT2D eigenvalue weighted by molar-refractivity contribution is 6.24. The van der Waals surface area contributed by atoms with Crippen molar-refractivity contribution in [2.45, 2.75) is 32.6 Å². The molecule has 0 N–H and O–H groups in total. The summed E-state index contributed by atoms with van der Waals surface area (Å²) in [6.45, 7) is 1.97. The number of anilines is 2. The van der Waals surface area contributed by atoms with E-state index in [-0.39, 0.29) is 53.2 Å². The minimum Gasteiger partial charge on any atom is -0.274 e. The minimum absolute atomic E-state index is 0.0408. The van der Waals surface area contributed by atoms with Gasteiger partial charge in [0.15, 0.2) is 0 Å². The molecular weight excluding hydrogens is 380 g/mol. The van der Waals surface area contributed by atoms with Gasteiger partial charge in [0.1, 0.15) is 0 Å². The van der Waals surface area contributed by atoms with E-state index in [9.17, 15) is 19.2 Å². The summed E-state index contributed by atoms with van der Waals surface area (Å²) in [5.74, 6) is -0.661. The van der Waals surface area contributed by atoms with E-state index in [1.807, 2.05) is 19.1 Å². The van der Waals surface area contributed by atoms with Crippen LogP contribution < -0.4 is 9.80 Å². The van der Waals surface area contributed by atoms with Crippen molar-refractivity contribution in [3.05, 3.63) is 36.4 Å². The molecule has 2 heterocycles. The molecule has 1 aromatic carbocycles. The lowest BCUT2D eigenvalue weighted by Crippen LogP contribution is -2.33. The van der Waals surface area contributed by atoms with Crippen molar-refractivity contribution in [3.63, 3.8) is 0 Å². The van der Waals surface area contributed by atoms with Crippen LogP contribution in [0.5, 0.6) is 0 Å². The quantitative estimate of drug-likeness (QED) is 0.561. The number of nitrogens with zero attached hydrogens (tertiary/aromatic N) is 2. The zero-order valence-electron chi connectivity index (χ0n) is 16.9. The van der Waals surface area contributed by atoms with Crippen molar-refractivity contribution in [3.8, 4) is 0 Å². The number of benzene rings is 1. The van der Waals surface area contributed by atoms with Crippen LogP contribution in [0.25, 0.3) is 0 Å². The van der Waals surface area contributed by atoms with Gasteiger partial charge in [-0.25, -0.2) is 0 Å². The Hall–Kier alpha value is -2.76. The van der Waals surface area contributed by atoms with Gasteiger partial charge in [-0.05, 0) is 67.7 Å². The molecule has 0 spiro atoms. The van der Waals surface area contributed by atoms with Crippen molar-refractivity contribution in [1.82, 2.24) is 0 Å². The molecule has 1 aromatic rings. The standard InChI is InChI=1S/C24H24N2O4/c1-12-3-2-4-17-18(12)22(28)25(21(17)27)15-7-9-16(10-8-15)26-23(29)19-13-5-6-14(11-13)20(19)24(26)30/h2-3,7-10,12-14,17-20H,4-6,11H2,1H3/t12-,13-,14-,17+,18-,19-,20+/m1/s1. The number of rotatable bonds is 2. The summed E-state index contributed by atoms with van der Waals surface area (Å²) in [7, 11) is 0. The van der Waals surface area contributed by atoms with Gasteiger partial charge in [-0.2, -0.15) is 0 Å². The van der Waals surface area contributed by atoms with E-state index < -0.39 is 0 Å². The molecular formula is C24H24N2O4. The first-order valence-electron chi connectivity index (χ1n) is 11.0. The average Bonchev–Trinajstić information content (AvgIpc) is 3.47. The molecule has 30 heavy (non-hydrogen) atoms. The summed E-state index contributed by atoms with van der Waals surface area (Å²) < 4.78 is 0. The van der Waals surface area contributed by atoms with E-state index in [1.165, 1.54) is 9.80 Å². The van der Waals surface area contributed by atoms with Crippen LogP contribution >= 0.6 is 0 Å². The zero-order valence-corrected chi connectivity index (χ0v) is 16.9.